The molecular weight excluding hydrogens is 320 g/mol. The van der Waals surface area contributed by atoms with Crippen molar-refractivity contribution < 1.29 is 4.79 Å². The molecule has 1 saturated carbocycles. The van der Waals surface area contributed by atoms with E-state index in [4.69, 9.17) is 0 Å². The van der Waals surface area contributed by atoms with Gasteiger partial charge in [-0.3, -0.25) is 4.79 Å². The molecule has 1 amide bonds. The second kappa shape index (κ2) is 7.63. The van der Waals surface area contributed by atoms with E-state index in [-0.39, 0.29) is 11.9 Å². The van der Waals surface area contributed by atoms with E-state index in [2.05, 4.69) is 27.1 Å². The van der Waals surface area contributed by atoms with Crippen LogP contribution in [0.3, 0.4) is 0 Å². The number of imidazole rings is 1. The summed E-state index contributed by atoms with van der Waals surface area (Å²) in [6.45, 7) is 2.02. The topological polar surface area (TPSA) is 59.8 Å². The quantitative estimate of drug-likeness (QED) is 0.868. The minimum atomic E-state index is -0.407. The molecule has 1 aliphatic rings. The molecule has 0 spiro atoms. The summed E-state index contributed by atoms with van der Waals surface area (Å²) in [5.74, 6) is 6.52. The summed E-state index contributed by atoms with van der Waals surface area (Å²) < 4.78 is 1.95. The number of rotatable bonds is 4. The Bertz CT molecular complexity index is 706. The first kappa shape index (κ1) is 16.7. The van der Waals surface area contributed by atoms with Gasteiger partial charge >= 0.3 is 0 Å². The predicted octanol–water partition coefficient (Wildman–Crippen LogP) is 3.16. The Labute approximate surface area is 146 Å². The van der Waals surface area contributed by atoms with Crippen molar-refractivity contribution in [2.24, 2.45) is 0 Å². The second-order valence-corrected chi connectivity index (χ2v) is 7.24. The maximum atomic E-state index is 12.6. The van der Waals surface area contributed by atoms with Crippen LogP contribution in [-0.2, 0) is 4.79 Å². The molecule has 0 bridgehead atoms. The number of hydrogen-bond donors (Lipinski definition) is 1. The lowest BCUT2D eigenvalue weighted by atomic mass is 9.82. The van der Waals surface area contributed by atoms with Gasteiger partial charge in [-0.15, -0.1) is 11.3 Å². The van der Waals surface area contributed by atoms with Crippen LogP contribution in [-0.4, -0.2) is 26.0 Å². The monoisotopic (exact) mass is 342 g/mol. The van der Waals surface area contributed by atoms with Crippen molar-refractivity contribution in [2.45, 2.75) is 57.0 Å². The van der Waals surface area contributed by atoms with E-state index in [0.29, 0.717) is 6.42 Å². The van der Waals surface area contributed by atoms with Gasteiger partial charge in [0.05, 0.1) is 6.33 Å². The number of thiazole rings is 1. The second-order valence-electron chi connectivity index (χ2n) is 6.34. The number of hydrogen-bond acceptors (Lipinski definition) is 4. The normalized spacial score (nSPS) is 17.5. The van der Waals surface area contributed by atoms with E-state index in [1.807, 2.05) is 23.1 Å². The highest BCUT2D eigenvalue weighted by molar-refractivity contribution is 7.10. The van der Waals surface area contributed by atoms with Gasteiger partial charge in [0.25, 0.3) is 0 Å². The molecular formula is C18H22N4OS. The first-order valence-corrected chi connectivity index (χ1v) is 9.26. The van der Waals surface area contributed by atoms with E-state index in [1.54, 1.807) is 18.7 Å². The minimum Gasteiger partial charge on any atom is -0.340 e. The number of nitrogens with zero attached hydrogens (tertiary/aromatic N) is 3. The zero-order valence-electron chi connectivity index (χ0n) is 13.9. The molecule has 3 rings (SSSR count). The number of amides is 1. The third kappa shape index (κ3) is 4.24. The average Bonchev–Trinajstić information content (AvgIpc) is 3.27. The van der Waals surface area contributed by atoms with Crippen LogP contribution in [0.1, 0.15) is 56.5 Å². The zero-order valence-corrected chi connectivity index (χ0v) is 14.7. The van der Waals surface area contributed by atoms with Crippen LogP contribution in [0.25, 0.3) is 0 Å². The fourth-order valence-corrected chi connectivity index (χ4v) is 3.60. The highest BCUT2D eigenvalue weighted by Gasteiger charge is 2.32. The predicted molar refractivity (Wildman–Crippen MR) is 94.5 cm³/mol. The molecule has 1 atom stereocenters. The average molecular weight is 342 g/mol. The molecule has 6 heteroatoms. The fraction of sp³-hybridized carbons (Fsp3) is 0.500. The first-order valence-electron chi connectivity index (χ1n) is 8.38. The highest BCUT2D eigenvalue weighted by Crippen LogP contribution is 2.28. The number of aromatic nitrogens is 3. The Kier molecular flexibility index (Phi) is 5.31. The van der Waals surface area contributed by atoms with Crippen LogP contribution in [0.5, 0.6) is 0 Å². The van der Waals surface area contributed by atoms with Gasteiger partial charge in [-0.2, -0.15) is 0 Å². The summed E-state index contributed by atoms with van der Waals surface area (Å²) in [5, 5.41) is 5.94. The molecule has 1 aliphatic carbocycles. The van der Waals surface area contributed by atoms with Gasteiger partial charge in [0.2, 0.25) is 5.91 Å². The molecule has 24 heavy (non-hydrogen) atoms. The van der Waals surface area contributed by atoms with E-state index < -0.39 is 5.54 Å². The number of nitrogens with one attached hydrogen (secondary N) is 1. The molecule has 2 heterocycles. The first-order chi connectivity index (χ1) is 11.7. The van der Waals surface area contributed by atoms with Gasteiger partial charge in [-0.25, -0.2) is 9.97 Å². The Hall–Kier alpha value is -2.13. The van der Waals surface area contributed by atoms with Crippen molar-refractivity contribution in [3.63, 3.8) is 0 Å². The SMILES string of the molecule is CC(CC(=O)NC1(C#Cc2nccs2)CCCCC1)n1ccnc1. The number of carbonyl (C=O) groups excluding carboxylic acids is 1. The molecule has 5 nitrogen and oxygen atoms in total. The molecule has 1 unspecified atom stereocenters. The lowest BCUT2D eigenvalue weighted by Gasteiger charge is -2.33. The maximum absolute atomic E-state index is 12.6. The van der Waals surface area contributed by atoms with Crippen LogP contribution in [0, 0.1) is 11.8 Å². The van der Waals surface area contributed by atoms with Crippen molar-refractivity contribution in [2.75, 3.05) is 0 Å². The summed E-state index contributed by atoms with van der Waals surface area (Å²) in [4.78, 5) is 20.8. The molecule has 1 N–H and O–H groups in total. The van der Waals surface area contributed by atoms with Crippen molar-refractivity contribution >= 4 is 17.2 Å². The lowest BCUT2D eigenvalue weighted by Crippen LogP contribution is -2.49. The molecule has 0 radical (unpaired) electrons. The van der Waals surface area contributed by atoms with Crippen LogP contribution in [0.2, 0.25) is 0 Å². The van der Waals surface area contributed by atoms with Gasteiger partial charge in [0.1, 0.15) is 5.54 Å². The van der Waals surface area contributed by atoms with Crippen molar-refractivity contribution in [1.82, 2.24) is 19.9 Å². The zero-order chi connectivity index (χ0) is 16.8. The van der Waals surface area contributed by atoms with Crippen molar-refractivity contribution in [3.05, 3.63) is 35.3 Å². The summed E-state index contributed by atoms with van der Waals surface area (Å²) in [6.07, 6.45) is 12.8. The largest absolute Gasteiger partial charge is 0.340 e. The smallest absolute Gasteiger partial charge is 0.223 e. The summed E-state index contributed by atoms with van der Waals surface area (Å²) >= 11 is 1.53. The standard InChI is InChI=1S/C18H22N4OS/c1-15(22-11-9-19-14-22)13-16(23)21-18(6-3-2-4-7-18)8-5-17-20-10-12-24-17/h9-12,14-15H,2-4,6-7,13H2,1H3,(H,21,23). The Morgan fingerprint density at radius 3 is 2.92 bits per heavy atom. The van der Waals surface area contributed by atoms with E-state index in [1.165, 1.54) is 17.8 Å². The van der Waals surface area contributed by atoms with Gasteiger partial charge in [-0.1, -0.05) is 25.2 Å². The summed E-state index contributed by atoms with van der Waals surface area (Å²) in [7, 11) is 0. The minimum absolute atomic E-state index is 0.0477. The Morgan fingerprint density at radius 1 is 1.42 bits per heavy atom. The van der Waals surface area contributed by atoms with Crippen molar-refractivity contribution in [3.8, 4) is 11.8 Å². The van der Waals surface area contributed by atoms with Gasteiger partial charge in [0.15, 0.2) is 5.01 Å². The van der Waals surface area contributed by atoms with E-state index >= 15 is 0 Å². The van der Waals surface area contributed by atoms with Crippen LogP contribution in [0.4, 0.5) is 0 Å². The third-order valence-corrected chi connectivity index (χ3v) is 5.13. The van der Waals surface area contributed by atoms with Crippen LogP contribution >= 0.6 is 11.3 Å². The molecule has 1 fully saturated rings. The van der Waals surface area contributed by atoms with Gasteiger partial charge in [0, 0.05) is 36.4 Å². The lowest BCUT2D eigenvalue weighted by molar-refractivity contribution is -0.123. The molecule has 126 valence electrons. The molecule has 0 aliphatic heterocycles. The fourth-order valence-electron chi connectivity index (χ4n) is 3.12. The summed E-state index contributed by atoms with van der Waals surface area (Å²) in [5.41, 5.74) is -0.407. The Balaban J connectivity index is 1.68. The van der Waals surface area contributed by atoms with Crippen molar-refractivity contribution in [1.29, 1.82) is 0 Å². The highest BCUT2D eigenvalue weighted by atomic mass is 32.1. The van der Waals surface area contributed by atoms with E-state index in [0.717, 1.165) is 30.7 Å². The third-order valence-electron chi connectivity index (χ3n) is 4.44. The molecule has 2 aromatic heterocycles. The maximum Gasteiger partial charge on any atom is 0.223 e. The van der Waals surface area contributed by atoms with E-state index in [9.17, 15) is 4.79 Å². The van der Waals surface area contributed by atoms with Gasteiger partial charge < -0.3 is 9.88 Å². The van der Waals surface area contributed by atoms with Gasteiger partial charge in [-0.05, 0) is 25.7 Å². The van der Waals surface area contributed by atoms with Crippen LogP contribution in [0.15, 0.2) is 30.3 Å². The summed E-state index contributed by atoms with van der Waals surface area (Å²) in [6, 6.07) is 0.0834. The molecule has 2 aromatic rings. The number of carbonyl (C=O) groups is 1. The Morgan fingerprint density at radius 2 is 2.25 bits per heavy atom. The molecule has 0 aromatic carbocycles. The van der Waals surface area contributed by atoms with Crippen LogP contribution < -0.4 is 5.32 Å². The molecule has 0 saturated heterocycles.